The van der Waals surface area contributed by atoms with Crippen LogP contribution in [0.3, 0.4) is 0 Å². The molecule has 0 bridgehead atoms. The van der Waals surface area contributed by atoms with Gasteiger partial charge in [0.05, 0.1) is 12.8 Å². The number of rotatable bonds is 7. The summed E-state index contributed by atoms with van der Waals surface area (Å²) < 4.78 is 44.1. The lowest BCUT2D eigenvalue weighted by Crippen LogP contribution is -2.51. The molecule has 0 aromatic carbocycles. The second-order valence-corrected chi connectivity index (χ2v) is 5.47. The van der Waals surface area contributed by atoms with E-state index in [0.29, 0.717) is 19.1 Å². The summed E-state index contributed by atoms with van der Waals surface area (Å²) in [6.45, 7) is 0.966. The van der Waals surface area contributed by atoms with Crippen molar-refractivity contribution in [1.82, 2.24) is 5.01 Å². The lowest BCUT2D eigenvalue weighted by Gasteiger charge is -2.38. The molecule has 0 saturated heterocycles. The molecular formula is C14H19F3N2O4. The first kappa shape index (κ1) is 19.1. The summed E-state index contributed by atoms with van der Waals surface area (Å²) in [5.74, 6) is -1.15. The highest BCUT2D eigenvalue weighted by atomic mass is 19.4. The molecule has 0 radical (unpaired) electrons. The molecule has 6 nitrogen and oxygen atoms in total. The van der Waals surface area contributed by atoms with E-state index in [1.807, 2.05) is 0 Å². The summed E-state index contributed by atoms with van der Waals surface area (Å²) >= 11 is 0. The average molecular weight is 336 g/mol. The molecule has 0 saturated carbocycles. The summed E-state index contributed by atoms with van der Waals surface area (Å²) in [5.41, 5.74) is -2.79. The molecule has 0 spiro atoms. The maximum atomic E-state index is 13.2. The maximum absolute atomic E-state index is 13.2. The molecule has 0 aromatic rings. The van der Waals surface area contributed by atoms with E-state index in [2.05, 4.69) is 9.84 Å². The van der Waals surface area contributed by atoms with Gasteiger partial charge in [-0.2, -0.15) is 18.3 Å². The van der Waals surface area contributed by atoms with Crippen LogP contribution < -0.4 is 0 Å². The Balaban J connectivity index is 2.81. The van der Waals surface area contributed by atoms with E-state index >= 15 is 0 Å². The average Bonchev–Trinajstić information content (AvgIpc) is 2.46. The van der Waals surface area contributed by atoms with Crippen LogP contribution in [0.2, 0.25) is 0 Å². The Hall–Kier alpha value is -1.93. The summed E-state index contributed by atoms with van der Waals surface area (Å²) in [5, 5.41) is 4.69. The van der Waals surface area contributed by atoms with Gasteiger partial charge in [-0.15, -0.1) is 0 Å². The van der Waals surface area contributed by atoms with Crippen LogP contribution in [0, 0.1) is 5.41 Å². The number of methoxy groups -OCH3 is 1. The SMILES string of the molecule is COC(=O)CCCCN1N=C(CC=O)[C@@](C)(C(F)(F)F)CC1=O. The molecule has 1 amide bonds. The largest absolute Gasteiger partial charge is 0.469 e. The van der Waals surface area contributed by atoms with Crippen LogP contribution in [0.25, 0.3) is 0 Å². The minimum absolute atomic E-state index is 0.0894. The second-order valence-electron chi connectivity index (χ2n) is 5.47. The molecule has 1 aliphatic heterocycles. The highest BCUT2D eigenvalue weighted by Gasteiger charge is 2.57. The van der Waals surface area contributed by atoms with Crippen molar-refractivity contribution in [2.45, 2.75) is 45.2 Å². The molecule has 1 heterocycles. The highest BCUT2D eigenvalue weighted by molar-refractivity contribution is 6.03. The third-order valence-electron chi connectivity index (χ3n) is 3.80. The number of carbonyl (C=O) groups is 3. The minimum Gasteiger partial charge on any atom is -0.469 e. The van der Waals surface area contributed by atoms with Gasteiger partial charge in [-0.3, -0.25) is 9.59 Å². The predicted octanol–water partition coefficient (Wildman–Crippen LogP) is 2.08. The number of nitrogens with zero attached hydrogens (tertiary/aromatic N) is 2. The van der Waals surface area contributed by atoms with E-state index in [0.717, 1.165) is 11.9 Å². The maximum Gasteiger partial charge on any atom is 0.399 e. The molecule has 130 valence electrons. The van der Waals surface area contributed by atoms with E-state index in [9.17, 15) is 27.6 Å². The van der Waals surface area contributed by atoms with Crippen LogP contribution in [-0.2, 0) is 19.1 Å². The van der Waals surface area contributed by atoms with E-state index < -0.39 is 36.3 Å². The lowest BCUT2D eigenvalue weighted by molar-refractivity contribution is -0.200. The quantitative estimate of drug-likeness (QED) is 0.405. The molecule has 1 atom stereocenters. The number of hydrogen-bond donors (Lipinski definition) is 0. The fourth-order valence-electron chi connectivity index (χ4n) is 2.22. The van der Waals surface area contributed by atoms with Crippen molar-refractivity contribution in [2.75, 3.05) is 13.7 Å². The monoisotopic (exact) mass is 336 g/mol. The Morgan fingerprint density at radius 2 is 2.09 bits per heavy atom. The zero-order valence-electron chi connectivity index (χ0n) is 13.0. The number of ether oxygens (including phenoxy) is 1. The molecule has 0 unspecified atom stereocenters. The van der Waals surface area contributed by atoms with Gasteiger partial charge in [0, 0.05) is 25.8 Å². The minimum atomic E-state index is -4.67. The van der Waals surface area contributed by atoms with Crippen molar-refractivity contribution in [1.29, 1.82) is 0 Å². The van der Waals surface area contributed by atoms with E-state index in [4.69, 9.17) is 0 Å². The fraction of sp³-hybridized carbons (Fsp3) is 0.714. The molecule has 0 aromatic heterocycles. The van der Waals surface area contributed by atoms with E-state index in [1.54, 1.807) is 0 Å². The van der Waals surface area contributed by atoms with Crippen molar-refractivity contribution >= 4 is 23.9 Å². The Morgan fingerprint density at radius 3 is 2.61 bits per heavy atom. The molecule has 1 rings (SSSR count). The molecule has 0 aliphatic carbocycles. The Labute approximate surface area is 131 Å². The third-order valence-corrected chi connectivity index (χ3v) is 3.80. The Kier molecular flexibility index (Phi) is 6.28. The van der Waals surface area contributed by atoms with Crippen molar-refractivity contribution in [3.63, 3.8) is 0 Å². The molecule has 23 heavy (non-hydrogen) atoms. The summed E-state index contributed by atoms with van der Waals surface area (Å²) in [4.78, 5) is 33.5. The number of alkyl halides is 3. The smallest absolute Gasteiger partial charge is 0.399 e. The summed E-state index contributed by atoms with van der Waals surface area (Å²) in [6.07, 6.45) is -4.62. The first-order valence-electron chi connectivity index (χ1n) is 7.11. The van der Waals surface area contributed by atoms with Crippen molar-refractivity contribution in [3.8, 4) is 0 Å². The van der Waals surface area contributed by atoms with Gasteiger partial charge in [0.1, 0.15) is 11.7 Å². The van der Waals surface area contributed by atoms with Gasteiger partial charge >= 0.3 is 12.1 Å². The zero-order valence-corrected chi connectivity index (χ0v) is 13.0. The number of halogens is 3. The third kappa shape index (κ3) is 4.52. The van der Waals surface area contributed by atoms with Crippen LogP contribution in [0.1, 0.15) is 39.0 Å². The Morgan fingerprint density at radius 1 is 1.43 bits per heavy atom. The number of aldehydes is 1. The normalized spacial score (nSPS) is 21.9. The summed E-state index contributed by atoms with van der Waals surface area (Å²) in [6, 6.07) is 0. The van der Waals surface area contributed by atoms with Gasteiger partial charge in [0.15, 0.2) is 0 Å². The standard InChI is InChI=1S/C14H19F3N2O4/c1-13(14(15,16)17)9-11(21)19(18-10(13)6-8-20)7-4-3-5-12(22)23-2/h8H,3-7,9H2,1-2H3/t13-/m0/s1. The molecule has 9 heteroatoms. The van der Waals surface area contributed by atoms with Crippen molar-refractivity contribution in [3.05, 3.63) is 0 Å². The van der Waals surface area contributed by atoms with Gasteiger partial charge in [0.2, 0.25) is 5.91 Å². The van der Waals surface area contributed by atoms with Gasteiger partial charge in [0.25, 0.3) is 0 Å². The first-order valence-corrected chi connectivity index (χ1v) is 7.11. The molecular weight excluding hydrogens is 317 g/mol. The number of hydrogen-bond acceptors (Lipinski definition) is 5. The van der Waals surface area contributed by atoms with Gasteiger partial charge in [-0.1, -0.05) is 0 Å². The van der Waals surface area contributed by atoms with E-state index in [-0.39, 0.29) is 18.7 Å². The van der Waals surface area contributed by atoms with Gasteiger partial charge in [-0.25, -0.2) is 5.01 Å². The molecule has 1 aliphatic rings. The van der Waals surface area contributed by atoms with Crippen LogP contribution in [0.4, 0.5) is 13.2 Å². The van der Waals surface area contributed by atoms with Crippen LogP contribution >= 0.6 is 0 Å². The number of unbranched alkanes of at least 4 members (excludes halogenated alkanes) is 1. The predicted molar refractivity (Wildman–Crippen MR) is 74.5 cm³/mol. The molecule has 0 fully saturated rings. The number of esters is 1. The van der Waals surface area contributed by atoms with Crippen molar-refractivity contribution in [2.24, 2.45) is 10.5 Å². The zero-order chi connectivity index (χ0) is 17.7. The van der Waals surface area contributed by atoms with Gasteiger partial charge < -0.3 is 9.53 Å². The first-order chi connectivity index (χ1) is 10.7. The Bertz CT molecular complexity index is 505. The lowest BCUT2D eigenvalue weighted by atomic mass is 9.78. The molecule has 0 N–H and O–H groups in total. The number of carbonyl (C=O) groups excluding carboxylic acids is 3. The van der Waals surface area contributed by atoms with Crippen LogP contribution in [0.5, 0.6) is 0 Å². The van der Waals surface area contributed by atoms with Gasteiger partial charge in [-0.05, 0) is 19.8 Å². The van der Waals surface area contributed by atoms with E-state index in [1.165, 1.54) is 7.11 Å². The topological polar surface area (TPSA) is 76.0 Å². The summed E-state index contributed by atoms with van der Waals surface area (Å²) in [7, 11) is 1.25. The number of amides is 1. The van der Waals surface area contributed by atoms with Crippen LogP contribution in [-0.4, -0.2) is 48.7 Å². The highest BCUT2D eigenvalue weighted by Crippen LogP contribution is 2.45. The van der Waals surface area contributed by atoms with Crippen molar-refractivity contribution < 1.29 is 32.3 Å². The fourth-order valence-corrected chi connectivity index (χ4v) is 2.22. The second kappa shape index (κ2) is 7.56. The number of hydrazone groups is 1. The van der Waals surface area contributed by atoms with Crippen LogP contribution in [0.15, 0.2) is 5.10 Å².